The van der Waals surface area contributed by atoms with Crippen molar-refractivity contribution in [3.8, 4) is 0 Å². The van der Waals surface area contributed by atoms with Crippen LogP contribution in [0.2, 0.25) is 0 Å². The van der Waals surface area contributed by atoms with Gasteiger partial charge in [0.05, 0.1) is 41.3 Å². The molecule has 2 aromatic carbocycles. The lowest BCUT2D eigenvalue weighted by Crippen LogP contribution is -2.45. The first kappa shape index (κ1) is 20.8. The predicted octanol–water partition coefficient (Wildman–Crippen LogP) is 2.34. The van der Waals surface area contributed by atoms with E-state index in [0.717, 1.165) is 16.0 Å². The molecule has 0 radical (unpaired) electrons. The van der Waals surface area contributed by atoms with Gasteiger partial charge in [0.25, 0.3) is 5.69 Å². The second-order valence-electron chi connectivity index (χ2n) is 8.19. The molecule has 0 aromatic heterocycles. The van der Waals surface area contributed by atoms with Crippen molar-refractivity contribution in [1.29, 1.82) is 0 Å². The number of anilines is 1. The number of amides is 2. The number of nitro benzene ring substituents is 1. The van der Waals surface area contributed by atoms with Gasteiger partial charge in [0.1, 0.15) is 0 Å². The van der Waals surface area contributed by atoms with Crippen molar-refractivity contribution < 1.29 is 24.0 Å². The van der Waals surface area contributed by atoms with Gasteiger partial charge in [0.2, 0.25) is 11.8 Å². The molecule has 0 N–H and O–H groups in total. The van der Waals surface area contributed by atoms with Crippen LogP contribution in [0.5, 0.6) is 0 Å². The van der Waals surface area contributed by atoms with Gasteiger partial charge in [0.15, 0.2) is 6.04 Å². The summed E-state index contributed by atoms with van der Waals surface area (Å²) >= 11 is 0. The number of esters is 1. The number of carbonyl (C=O) groups is 3. The predicted molar refractivity (Wildman–Crippen MR) is 116 cm³/mol. The highest BCUT2D eigenvalue weighted by atomic mass is 16.6. The van der Waals surface area contributed by atoms with Crippen LogP contribution in [-0.2, 0) is 19.1 Å². The Balaban J connectivity index is 1.65. The third-order valence-corrected chi connectivity index (χ3v) is 6.47. The van der Waals surface area contributed by atoms with Gasteiger partial charge in [0, 0.05) is 12.1 Å². The number of hydrazone groups is 1. The Morgan fingerprint density at radius 3 is 2.61 bits per heavy atom. The van der Waals surface area contributed by atoms with Crippen LogP contribution >= 0.6 is 0 Å². The minimum absolute atomic E-state index is 0.112. The van der Waals surface area contributed by atoms with Crippen molar-refractivity contribution >= 4 is 35.4 Å². The molecule has 2 aromatic rings. The number of benzene rings is 2. The number of nitrogens with zero attached hydrogens (tertiary/aromatic N) is 4. The van der Waals surface area contributed by atoms with Gasteiger partial charge >= 0.3 is 5.97 Å². The Morgan fingerprint density at radius 1 is 1.15 bits per heavy atom. The Labute approximate surface area is 188 Å². The van der Waals surface area contributed by atoms with Gasteiger partial charge in [-0.1, -0.05) is 30.3 Å². The van der Waals surface area contributed by atoms with Crippen LogP contribution in [0.25, 0.3) is 0 Å². The first-order chi connectivity index (χ1) is 15.8. The lowest BCUT2D eigenvalue weighted by atomic mass is 9.85. The van der Waals surface area contributed by atoms with Gasteiger partial charge in [-0.3, -0.25) is 24.7 Å². The summed E-state index contributed by atoms with van der Waals surface area (Å²) in [5, 5.41) is 17.2. The highest BCUT2D eigenvalue weighted by Gasteiger charge is 2.66. The maximum absolute atomic E-state index is 13.7. The highest BCUT2D eigenvalue weighted by molar-refractivity contribution is 6.24. The van der Waals surface area contributed by atoms with Crippen LogP contribution in [0.1, 0.15) is 29.7 Å². The maximum Gasteiger partial charge on any atom is 0.331 e. The van der Waals surface area contributed by atoms with E-state index < -0.39 is 46.6 Å². The molecule has 0 aliphatic carbocycles. The largest absolute Gasteiger partial charge is 0.464 e. The molecular weight excluding hydrogens is 428 g/mol. The first-order valence-corrected chi connectivity index (χ1v) is 10.6. The van der Waals surface area contributed by atoms with Crippen molar-refractivity contribution in [3.63, 3.8) is 0 Å². The number of rotatable bonds is 4. The van der Waals surface area contributed by atoms with Crippen molar-refractivity contribution in [2.75, 3.05) is 11.5 Å². The van der Waals surface area contributed by atoms with Crippen LogP contribution in [-0.4, -0.2) is 46.6 Å². The van der Waals surface area contributed by atoms with Crippen molar-refractivity contribution in [2.45, 2.75) is 25.9 Å². The highest BCUT2D eigenvalue weighted by Crippen LogP contribution is 2.53. The molecule has 4 atom stereocenters. The molecule has 3 aliphatic heterocycles. The number of imide groups is 1. The van der Waals surface area contributed by atoms with Gasteiger partial charge in [-0.25, -0.2) is 9.69 Å². The van der Waals surface area contributed by atoms with Gasteiger partial charge in [-0.05, 0) is 30.5 Å². The molecule has 3 aliphatic rings. The summed E-state index contributed by atoms with van der Waals surface area (Å²) in [6.07, 6.45) is 1.61. The van der Waals surface area contributed by atoms with Crippen LogP contribution < -0.4 is 4.90 Å². The number of ether oxygens (including phenoxy) is 1. The third-order valence-electron chi connectivity index (χ3n) is 6.47. The molecule has 0 unspecified atom stereocenters. The number of hydrogen-bond donors (Lipinski definition) is 0. The number of non-ortho nitro benzene ring substituents is 1. The lowest BCUT2D eigenvalue weighted by Gasteiger charge is -2.33. The van der Waals surface area contributed by atoms with Gasteiger partial charge < -0.3 is 4.74 Å². The minimum Gasteiger partial charge on any atom is -0.464 e. The molecule has 2 saturated heterocycles. The number of fused-ring (bicyclic) bond motifs is 5. The van der Waals surface area contributed by atoms with E-state index in [2.05, 4.69) is 5.10 Å². The zero-order chi connectivity index (χ0) is 23.4. The van der Waals surface area contributed by atoms with Gasteiger partial charge in [-0.2, -0.15) is 5.10 Å². The molecular formula is C23H20N4O6. The topological polar surface area (TPSA) is 122 Å². The SMILES string of the molecule is CCOC(=O)[C@@H]1[C@H]2C(=O)N(c3cc([N+](=O)[O-])ccc3C)C(=O)[C@@H]2[C@H]2c3ccccc3C=NN12. The Hall–Kier alpha value is -4.08. The minimum atomic E-state index is -1.08. The summed E-state index contributed by atoms with van der Waals surface area (Å²) in [7, 11) is 0. The van der Waals surface area contributed by atoms with E-state index >= 15 is 0 Å². The van der Waals surface area contributed by atoms with Crippen molar-refractivity contribution in [3.05, 3.63) is 69.3 Å². The van der Waals surface area contributed by atoms with E-state index in [0.29, 0.717) is 5.56 Å². The Kier molecular flexibility index (Phi) is 4.73. The maximum atomic E-state index is 13.7. The fraction of sp³-hybridized carbons (Fsp3) is 0.304. The summed E-state index contributed by atoms with van der Waals surface area (Å²) in [5.41, 5.74) is 2.04. The number of carbonyl (C=O) groups excluding carboxylic acids is 3. The average Bonchev–Trinajstić information content (AvgIpc) is 3.27. The molecule has 3 heterocycles. The number of hydrogen-bond acceptors (Lipinski definition) is 8. The van der Waals surface area contributed by atoms with Crippen molar-refractivity contribution in [2.24, 2.45) is 16.9 Å². The molecule has 2 fully saturated rings. The van der Waals surface area contributed by atoms with Crippen LogP contribution in [0.4, 0.5) is 11.4 Å². The van der Waals surface area contributed by atoms with Crippen molar-refractivity contribution in [1.82, 2.24) is 5.01 Å². The molecule has 5 rings (SSSR count). The van der Waals surface area contributed by atoms with Crippen LogP contribution in [0, 0.1) is 28.9 Å². The molecule has 2 amide bonds. The normalized spacial score (nSPS) is 25.0. The van der Waals surface area contributed by atoms with Gasteiger partial charge in [-0.15, -0.1) is 0 Å². The summed E-state index contributed by atoms with van der Waals surface area (Å²) in [6.45, 7) is 3.45. The molecule has 33 heavy (non-hydrogen) atoms. The van der Waals surface area contributed by atoms with Crippen LogP contribution in [0.15, 0.2) is 47.6 Å². The fourth-order valence-electron chi connectivity index (χ4n) is 5.06. The Morgan fingerprint density at radius 2 is 1.88 bits per heavy atom. The summed E-state index contributed by atoms with van der Waals surface area (Å²) in [4.78, 5) is 52.1. The summed E-state index contributed by atoms with van der Waals surface area (Å²) < 4.78 is 5.24. The first-order valence-electron chi connectivity index (χ1n) is 10.6. The zero-order valence-corrected chi connectivity index (χ0v) is 17.9. The van der Waals surface area contributed by atoms with E-state index in [1.165, 1.54) is 23.2 Å². The van der Waals surface area contributed by atoms with Crippen LogP contribution in [0.3, 0.4) is 0 Å². The number of aryl methyl sites for hydroxylation is 1. The molecule has 0 spiro atoms. The molecule has 0 bridgehead atoms. The van der Waals surface area contributed by atoms with E-state index in [-0.39, 0.29) is 18.0 Å². The van der Waals surface area contributed by atoms with E-state index in [9.17, 15) is 24.5 Å². The number of nitro groups is 1. The molecule has 168 valence electrons. The lowest BCUT2D eigenvalue weighted by molar-refractivity contribution is -0.384. The molecule has 0 saturated carbocycles. The second-order valence-corrected chi connectivity index (χ2v) is 8.19. The quantitative estimate of drug-likeness (QED) is 0.304. The van der Waals surface area contributed by atoms with E-state index in [4.69, 9.17) is 4.74 Å². The average molecular weight is 448 g/mol. The smallest absolute Gasteiger partial charge is 0.331 e. The molecule has 10 nitrogen and oxygen atoms in total. The summed E-state index contributed by atoms with van der Waals surface area (Å²) in [6, 6.07) is 9.70. The van der Waals surface area contributed by atoms with E-state index in [1.807, 2.05) is 24.3 Å². The monoisotopic (exact) mass is 448 g/mol. The molecule has 10 heteroatoms. The standard InChI is InChI=1S/C23H20N4O6/c1-3-33-23(30)20-18-17(19-15-7-5-4-6-13(15)11-24-26(19)20)21(28)25(22(18)29)16-10-14(27(31)32)9-8-12(16)2/h4-11,17-20H,3H2,1-2H3/t17-,18-,19+,20-/m0/s1. The fourth-order valence-corrected chi connectivity index (χ4v) is 5.06. The summed E-state index contributed by atoms with van der Waals surface area (Å²) in [5.74, 6) is -3.64. The second kappa shape index (κ2) is 7.51. The third kappa shape index (κ3) is 2.94. The van der Waals surface area contributed by atoms with E-state index in [1.54, 1.807) is 20.1 Å². The zero-order valence-electron chi connectivity index (χ0n) is 17.9. The Bertz CT molecular complexity index is 1240.